The molecule has 2 heterocycles. The van der Waals surface area contributed by atoms with Crippen molar-refractivity contribution in [2.75, 3.05) is 0 Å². The standard InChI is InChI=1S/C17H17N5OS2/c1-12(15-4-3-9-24-15)19-20-16(23)14-7-5-13(6-8-14)10-25-17-21-18-11-22(17)2/h3-9,11H,10H2,1-2H3,(H,20,23)/b19-12-. The molecule has 0 spiro atoms. The smallest absolute Gasteiger partial charge is 0.271 e. The third-order valence-electron chi connectivity index (χ3n) is 3.46. The summed E-state index contributed by atoms with van der Waals surface area (Å²) in [5.74, 6) is 0.549. The number of thioether (sulfide) groups is 1. The normalized spacial score (nSPS) is 11.5. The van der Waals surface area contributed by atoms with Crippen molar-refractivity contribution in [3.05, 3.63) is 64.1 Å². The number of thiophene rings is 1. The SMILES string of the molecule is C/C(=N/NC(=O)c1ccc(CSc2nncn2C)cc1)c1cccs1. The van der Waals surface area contributed by atoms with Gasteiger partial charge in [0.15, 0.2) is 5.16 Å². The first kappa shape index (κ1) is 17.4. The Morgan fingerprint density at radius 1 is 1.32 bits per heavy atom. The number of nitrogens with zero attached hydrogens (tertiary/aromatic N) is 4. The zero-order chi connectivity index (χ0) is 17.6. The summed E-state index contributed by atoms with van der Waals surface area (Å²) in [5.41, 5.74) is 5.08. The molecule has 1 amide bonds. The molecule has 0 bridgehead atoms. The van der Waals surface area contributed by atoms with E-state index in [0.717, 1.165) is 27.1 Å². The number of aryl methyl sites for hydroxylation is 1. The van der Waals surface area contributed by atoms with Crippen LogP contribution in [-0.2, 0) is 12.8 Å². The van der Waals surface area contributed by atoms with Gasteiger partial charge in [-0.1, -0.05) is 30.0 Å². The summed E-state index contributed by atoms with van der Waals surface area (Å²) in [6.07, 6.45) is 1.68. The minimum absolute atomic E-state index is 0.219. The summed E-state index contributed by atoms with van der Waals surface area (Å²) in [4.78, 5) is 13.2. The van der Waals surface area contributed by atoms with Crippen molar-refractivity contribution >= 4 is 34.7 Å². The van der Waals surface area contributed by atoms with Crippen LogP contribution in [0.1, 0.15) is 27.7 Å². The molecule has 0 aliphatic carbocycles. The number of hydrogen-bond donors (Lipinski definition) is 1. The summed E-state index contributed by atoms with van der Waals surface area (Å²) < 4.78 is 1.88. The van der Waals surface area contributed by atoms with Gasteiger partial charge in [0.2, 0.25) is 0 Å². The number of hydrazone groups is 1. The molecule has 8 heteroatoms. The molecule has 1 N–H and O–H groups in total. The lowest BCUT2D eigenvalue weighted by atomic mass is 10.1. The highest BCUT2D eigenvalue weighted by atomic mass is 32.2. The zero-order valence-electron chi connectivity index (χ0n) is 13.8. The van der Waals surface area contributed by atoms with E-state index in [9.17, 15) is 4.79 Å². The molecule has 3 aromatic rings. The van der Waals surface area contributed by atoms with Gasteiger partial charge in [0.1, 0.15) is 6.33 Å². The average molecular weight is 371 g/mol. The van der Waals surface area contributed by atoms with Crippen molar-refractivity contribution in [3.63, 3.8) is 0 Å². The van der Waals surface area contributed by atoms with Crippen LogP contribution < -0.4 is 5.43 Å². The maximum Gasteiger partial charge on any atom is 0.271 e. The van der Waals surface area contributed by atoms with Crippen molar-refractivity contribution in [1.82, 2.24) is 20.2 Å². The first-order valence-electron chi connectivity index (χ1n) is 7.58. The van der Waals surface area contributed by atoms with E-state index in [2.05, 4.69) is 20.7 Å². The fraction of sp³-hybridized carbons (Fsp3) is 0.176. The number of rotatable bonds is 6. The monoisotopic (exact) mass is 371 g/mol. The number of hydrogen-bond acceptors (Lipinski definition) is 6. The van der Waals surface area contributed by atoms with Gasteiger partial charge in [0.05, 0.1) is 5.71 Å². The van der Waals surface area contributed by atoms with Crippen LogP contribution in [-0.4, -0.2) is 26.4 Å². The van der Waals surface area contributed by atoms with Crippen LogP contribution in [0, 0.1) is 0 Å². The van der Waals surface area contributed by atoms with Crippen LogP contribution in [0.15, 0.2) is 58.4 Å². The Kier molecular flexibility index (Phi) is 5.62. The Hall–Kier alpha value is -2.45. The predicted molar refractivity (Wildman–Crippen MR) is 101 cm³/mol. The number of carbonyl (C=O) groups is 1. The van der Waals surface area contributed by atoms with Gasteiger partial charge in [-0.25, -0.2) is 5.43 Å². The summed E-state index contributed by atoms with van der Waals surface area (Å²) in [7, 11) is 1.91. The summed E-state index contributed by atoms with van der Waals surface area (Å²) >= 11 is 3.19. The van der Waals surface area contributed by atoms with Gasteiger partial charge < -0.3 is 4.57 Å². The minimum Gasteiger partial charge on any atom is -0.312 e. The van der Waals surface area contributed by atoms with Crippen LogP contribution in [0.25, 0.3) is 0 Å². The Morgan fingerprint density at radius 2 is 2.12 bits per heavy atom. The first-order chi connectivity index (χ1) is 12.1. The van der Waals surface area contributed by atoms with Gasteiger partial charge in [-0.2, -0.15) is 5.10 Å². The fourth-order valence-electron chi connectivity index (χ4n) is 2.04. The fourth-order valence-corrected chi connectivity index (χ4v) is 3.56. The van der Waals surface area contributed by atoms with Crippen LogP contribution in [0.5, 0.6) is 0 Å². The van der Waals surface area contributed by atoms with Crippen molar-refractivity contribution in [3.8, 4) is 0 Å². The Labute approximate surface area is 154 Å². The van der Waals surface area contributed by atoms with E-state index >= 15 is 0 Å². The number of carbonyl (C=O) groups excluding carboxylic acids is 1. The van der Waals surface area contributed by atoms with Crippen molar-refractivity contribution in [2.45, 2.75) is 17.8 Å². The lowest BCUT2D eigenvalue weighted by molar-refractivity contribution is 0.0955. The van der Waals surface area contributed by atoms with E-state index in [0.29, 0.717) is 5.56 Å². The van der Waals surface area contributed by atoms with Gasteiger partial charge in [0.25, 0.3) is 5.91 Å². The second kappa shape index (κ2) is 8.09. The molecule has 0 aliphatic rings. The second-order valence-corrected chi connectivity index (χ2v) is 7.22. The molecular weight excluding hydrogens is 354 g/mol. The molecule has 25 heavy (non-hydrogen) atoms. The molecular formula is C17H17N5OS2. The molecule has 0 atom stereocenters. The van der Waals surface area contributed by atoms with Crippen molar-refractivity contribution in [2.24, 2.45) is 12.1 Å². The van der Waals surface area contributed by atoms with Crippen LogP contribution in [0.4, 0.5) is 0 Å². The number of amides is 1. The lowest BCUT2D eigenvalue weighted by Gasteiger charge is -2.04. The lowest BCUT2D eigenvalue weighted by Crippen LogP contribution is -2.19. The highest BCUT2D eigenvalue weighted by Gasteiger charge is 2.07. The van der Waals surface area contributed by atoms with Gasteiger partial charge in [-0.05, 0) is 36.1 Å². The molecule has 3 rings (SSSR count). The van der Waals surface area contributed by atoms with Crippen molar-refractivity contribution < 1.29 is 4.79 Å². The van der Waals surface area contributed by atoms with E-state index in [1.807, 2.05) is 48.2 Å². The molecule has 0 fully saturated rings. The predicted octanol–water partition coefficient (Wildman–Crippen LogP) is 3.32. The van der Waals surface area contributed by atoms with Gasteiger partial charge in [-0.15, -0.1) is 21.5 Å². The topological polar surface area (TPSA) is 72.2 Å². The minimum atomic E-state index is -0.219. The maximum atomic E-state index is 12.2. The van der Waals surface area contributed by atoms with E-state index < -0.39 is 0 Å². The highest BCUT2D eigenvalue weighted by molar-refractivity contribution is 7.98. The Balaban J connectivity index is 1.57. The average Bonchev–Trinajstić information content (AvgIpc) is 3.30. The third kappa shape index (κ3) is 4.55. The summed E-state index contributed by atoms with van der Waals surface area (Å²) in [5, 5.41) is 14.9. The summed E-state index contributed by atoms with van der Waals surface area (Å²) in [6.45, 7) is 1.87. The summed E-state index contributed by atoms with van der Waals surface area (Å²) in [6, 6.07) is 11.4. The van der Waals surface area contributed by atoms with Gasteiger partial charge >= 0.3 is 0 Å². The molecule has 0 saturated carbocycles. The zero-order valence-corrected chi connectivity index (χ0v) is 15.5. The quantitative estimate of drug-likeness (QED) is 0.410. The van der Waals surface area contributed by atoms with E-state index in [1.165, 1.54) is 0 Å². The molecule has 128 valence electrons. The highest BCUT2D eigenvalue weighted by Crippen LogP contribution is 2.20. The first-order valence-corrected chi connectivity index (χ1v) is 9.44. The van der Waals surface area contributed by atoms with E-state index in [4.69, 9.17) is 0 Å². The largest absolute Gasteiger partial charge is 0.312 e. The molecule has 0 unspecified atom stereocenters. The van der Waals surface area contributed by atoms with Crippen LogP contribution >= 0.6 is 23.1 Å². The Morgan fingerprint density at radius 3 is 2.76 bits per heavy atom. The van der Waals surface area contributed by atoms with Crippen molar-refractivity contribution in [1.29, 1.82) is 0 Å². The van der Waals surface area contributed by atoms with E-state index in [1.54, 1.807) is 41.6 Å². The molecule has 0 aliphatic heterocycles. The van der Waals surface area contributed by atoms with Crippen LogP contribution in [0.2, 0.25) is 0 Å². The van der Waals surface area contributed by atoms with Crippen LogP contribution in [0.3, 0.4) is 0 Å². The van der Waals surface area contributed by atoms with Gasteiger partial charge in [0, 0.05) is 23.2 Å². The third-order valence-corrected chi connectivity index (χ3v) is 5.54. The second-order valence-electron chi connectivity index (χ2n) is 5.33. The molecule has 1 aromatic carbocycles. The van der Waals surface area contributed by atoms with Gasteiger partial charge in [-0.3, -0.25) is 4.79 Å². The Bertz CT molecular complexity index is 869. The number of benzene rings is 1. The number of aromatic nitrogens is 3. The molecule has 0 radical (unpaired) electrons. The molecule has 2 aromatic heterocycles. The number of nitrogens with one attached hydrogen (secondary N) is 1. The molecule has 0 saturated heterocycles. The van der Waals surface area contributed by atoms with E-state index in [-0.39, 0.29) is 5.91 Å². The molecule has 6 nitrogen and oxygen atoms in total. The maximum absolute atomic E-state index is 12.2.